The van der Waals surface area contributed by atoms with E-state index in [0.717, 1.165) is 12.8 Å². The average molecular weight is 236 g/mol. The molecule has 0 atom stereocenters. The standard InChI is InChI=1S/C10H12N4O3/c15-10(16)8-5-11-9(12-6-8)7-1-3-14(13-17)4-2-7/h5-7H,1-4H2,(H,15,16). The molecule has 7 heteroatoms. The van der Waals surface area contributed by atoms with Gasteiger partial charge >= 0.3 is 5.97 Å². The number of carbonyl (C=O) groups is 1. The van der Waals surface area contributed by atoms with E-state index in [1.807, 2.05) is 0 Å². The summed E-state index contributed by atoms with van der Waals surface area (Å²) in [5.41, 5.74) is 0.0840. The second-order valence-electron chi connectivity index (χ2n) is 3.94. The van der Waals surface area contributed by atoms with E-state index in [9.17, 15) is 9.70 Å². The van der Waals surface area contributed by atoms with Gasteiger partial charge in [-0.3, -0.25) is 5.01 Å². The highest BCUT2D eigenvalue weighted by Crippen LogP contribution is 2.25. The van der Waals surface area contributed by atoms with Crippen LogP contribution in [0, 0.1) is 4.91 Å². The maximum atomic E-state index is 10.6. The molecule has 1 aromatic heterocycles. The lowest BCUT2D eigenvalue weighted by atomic mass is 9.97. The van der Waals surface area contributed by atoms with Gasteiger partial charge in [0.2, 0.25) is 0 Å². The first-order valence-electron chi connectivity index (χ1n) is 5.34. The van der Waals surface area contributed by atoms with Gasteiger partial charge in [-0.15, -0.1) is 4.91 Å². The Morgan fingerprint density at radius 2 is 1.94 bits per heavy atom. The Hall–Kier alpha value is -2.05. The third-order valence-electron chi connectivity index (χ3n) is 2.87. The molecule has 1 aliphatic rings. The zero-order valence-electron chi connectivity index (χ0n) is 9.11. The van der Waals surface area contributed by atoms with Crippen LogP contribution in [-0.4, -0.2) is 39.1 Å². The molecule has 0 aliphatic carbocycles. The largest absolute Gasteiger partial charge is 0.478 e. The monoisotopic (exact) mass is 236 g/mol. The lowest BCUT2D eigenvalue weighted by molar-refractivity contribution is 0.0696. The quantitative estimate of drug-likeness (QED) is 0.787. The lowest BCUT2D eigenvalue weighted by Gasteiger charge is -2.26. The molecule has 0 saturated carbocycles. The van der Waals surface area contributed by atoms with E-state index in [1.54, 1.807) is 0 Å². The van der Waals surface area contributed by atoms with Crippen molar-refractivity contribution in [3.8, 4) is 0 Å². The molecule has 1 aliphatic heterocycles. The van der Waals surface area contributed by atoms with E-state index in [0.29, 0.717) is 18.9 Å². The summed E-state index contributed by atoms with van der Waals surface area (Å²) in [6.07, 6.45) is 4.15. The van der Waals surface area contributed by atoms with Gasteiger partial charge in [-0.2, -0.15) is 0 Å². The Morgan fingerprint density at radius 3 is 2.41 bits per heavy atom. The van der Waals surface area contributed by atoms with E-state index in [2.05, 4.69) is 15.3 Å². The fourth-order valence-corrected chi connectivity index (χ4v) is 1.86. The SMILES string of the molecule is O=NN1CCC(c2ncc(C(=O)O)cn2)CC1. The van der Waals surface area contributed by atoms with Crippen LogP contribution >= 0.6 is 0 Å². The summed E-state index contributed by atoms with van der Waals surface area (Å²) in [6.45, 7) is 1.19. The van der Waals surface area contributed by atoms with E-state index in [-0.39, 0.29) is 11.5 Å². The highest BCUT2D eigenvalue weighted by atomic mass is 16.4. The van der Waals surface area contributed by atoms with Crippen molar-refractivity contribution in [3.63, 3.8) is 0 Å². The van der Waals surface area contributed by atoms with Crippen LogP contribution in [0.3, 0.4) is 0 Å². The first kappa shape index (κ1) is 11.4. The van der Waals surface area contributed by atoms with Crippen LogP contribution in [0.5, 0.6) is 0 Å². The highest BCUT2D eigenvalue weighted by molar-refractivity contribution is 5.86. The molecular formula is C10H12N4O3. The smallest absolute Gasteiger partial charge is 0.338 e. The minimum Gasteiger partial charge on any atom is -0.478 e. The number of carboxylic acids is 1. The van der Waals surface area contributed by atoms with Gasteiger partial charge in [-0.1, -0.05) is 0 Å². The van der Waals surface area contributed by atoms with Gasteiger partial charge in [0, 0.05) is 31.4 Å². The van der Waals surface area contributed by atoms with Crippen LogP contribution < -0.4 is 0 Å². The lowest BCUT2D eigenvalue weighted by Crippen LogP contribution is -2.28. The minimum atomic E-state index is -1.03. The predicted molar refractivity (Wildman–Crippen MR) is 58.3 cm³/mol. The molecule has 1 saturated heterocycles. The molecule has 0 aromatic carbocycles. The molecule has 0 unspecified atom stereocenters. The zero-order valence-corrected chi connectivity index (χ0v) is 9.11. The van der Waals surface area contributed by atoms with Crippen LogP contribution in [-0.2, 0) is 0 Å². The Labute approximate surface area is 97.4 Å². The number of hydrogen-bond acceptors (Lipinski definition) is 5. The molecule has 17 heavy (non-hydrogen) atoms. The van der Waals surface area contributed by atoms with Gasteiger partial charge in [0.25, 0.3) is 0 Å². The second kappa shape index (κ2) is 4.86. The van der Waals surface area contributed by atoms with E-state index in [4.69, 9.17) is 5.11 Å². The van der Waals surface area contributed by atoms with Crippen LogP contribution in [0.15, 0.2) is 17.7 Å². The first-order valence-corrected chi connectivity index (χ1v) is 5.34. The third-order valence-corrected chi connectivity index (χ3v) is 2.87. The van der Waals surface area contributed by atoms with Gasteiger partial charge < -0.3 is 5.11 Å². The van der Waals surface area contributed by atoms with Crippen molar-refractivity contribution in [2.75, 3.05) is 13.1 Å². The molecule has 1 N–H and O–H groups in total. The summed E-state index contributed by atoms with van der Waals surface area (Å²) >= 11 is 0. The zero-order chi connectivity index (χ0) is 12.3. The molecular weight excluding hydrogens is 224 g/mol. The Kier molecular flexibility index (Phi) is 3.27. The molecule has 90 valence electrons. The third kappa shape index (κ3) is 2.55. The molecule has 0 amide bonds. The molecule has 1 fully saturated rings. The van der Waals surface area contributed by atoms with Gasteiger partial charge in [-0.05, 0) is 12.8 Å². The highest BCUT2D eigenvalue weighted by Gasteiger charge is 2.22. The minimum absolute atomic E-state index is 0.0840. The molecule has 1 aromatic rings. The van der Waals surface area contributed by atoms with Crippen molar-refractivity contribution in [3.05, 3.63) is 28.7 Å². The topological polar surface area (TPSA) is 95.8 Å². The van der Waals surface area contributed by atoms with Crippen molar-refractivity contribution in [1.29, 1.82) is 0 Å². The summed E-state index contributed by atoms with van der Waals surface area (Å²) in [4.78, 5) is 29.0. The number of carboxylic acid groups (broad SMARTS) is 1. The summed E-state index contributed by atoms with van der Waals surface area (Å²) in [5.74, 6) is -0.215. The van der Waals surface area contributed by atoms with Crippen LogP contribution in [0.2, 0.25) is 0 Å². The van der Waals surface area contributed by atoms with Gasteiger partial charge in [0.05, 0.1) is 10.8 Å². The van der Waals surface area contributed by atoms with E-state index in [1.165, 1.54) is 17.4 Å². The van der Waals surface area contributed by atoms with Crippen molar-refractivity contribution < 1.29 is 9.90 Å². The normalized spacial score (nSPS) is 16.8. The second-order valence-corrected chi connectivity index (χ2v) is 3.94. The Bertz CT molecular complexity index is 412. The number of rotatable bonds is 3. The molecule has 2 rings (SSSR count). The maximum absolute atomic E-state index is 10.6. The predicted octanol–water partition coefficient (Wildman–Crippen LogP) is 1.04. The van der Waals surface area contributed by atoms with Crippen LogP contribution in [0.1, 0.15) is 34.9 Å². The number of aromatic carboxylic acids is 1. The molecule has 0 bridgehead atoms. The fourth-order valence-electron chi connectivity index (χ4n) is 1.86. The van der Waals surface area contributed by atoms with Crippen molar-refractivity contribution in [1.82, 2.24) is 15.0 Å². The summed E-state index contributed by atoms with van der Waals surface area (Å²) in [6, 6.07) is 0. The van der Waals surface area contributed by atoms with Gasteiger partial charge in [-0.25, -0.2) is 14.8 Å². The summed E-state index contributed by atoms with van der Waals surface area (Å²) in [7, 11) is 0. The molecule has 7 nitrogen and oxygen atoms in total. The molecule has 0 radical (unpaired) electrons. The van der Waals surface area contributed by atoms with Crippen LogP contribution in [0.4, 0.5) is 0 Å². The maximum Gasteiger partial charge on any atom is 0.338 e. The molecule has 2 heterocycles. The number of aromatic nitrogens is 2. The number of hydrogen-bond donors (Lipinski definition) is 1. The summed E-state index contributed by atoms with van der Waals surface area (Å²) < 4.78 is 0. The number of piperidine rings is 1. The summed E-state index contributed by atoms with van der Waals surface area (Å²) in [5, 5.41) is 13.1. The van der Waals surface area contributed by atoms with Gasteiger partial charge in [0.1, 0.15) is 5.82 Å². The fraction of sp³-hybridized carbons (Fsp3) is 0.500. The van der Waals surface area contributed by atoms with Crippen LogP contribution in [0.25, 0.3) is 0 Å². The van der Waals surface area contributed by atoms with Gasteiger partial charge in [0.15, 0.2) is 0 Å². The first-order chi connectivity index (χ1) is 8.20. The van der Waals surface area contributed by atoms with Crippen molar-refractivity contribution in [2.24, 2.45) is 5.29 Å². The van der Waals surface area contributed by atoms with Crippen molar-refractivity contribution in [2.45, 2.75) is 18.8 Å². The van der Waals surface area contributed by atoms with Crippen molar-refractivity contribution >= 4 is 5.97 Å². The molecule has 0 spiro atoms. The number of nitrogens with zero attached hydrogens (tertiary/aromatic N) is 4. The van der Waals surface area contributed by atoms with E-state index >= 15 is 0 Å². The Balaban J connectivity index is 2.03. The number of nitroso groups, excluding NO2 is 1. The van der Waals surface area contributed by atoms with E-state index < -0.39 is 5.97 Å². The average Bonchev–Trinajstić information content (AvgIpc) is 2.39. The Morgan fingerprint density at radius 1 is 1.35 bits per heavy atom.